The number of piperazine rings is 2. The Morgan fingerprint density at radius 3 is 2.70 bits per heavy atom. The molecular weight excluding hydrogens is 292 g/mol. The molecule has 4 N–H and O–H groups in total. The first-order valence-electron chi connectivity index (χ1n) is 8.48. The van der Waals surface area contributed by atoms with Crippen LogP contribution in [-0.2, 0) is 16.1 Å². The molecule has 3 rings (SSSR count). The van der Waals surface area contributed by atoms with Crippen LogP contribution in [0, 0.1) is 0 Å². The Bertz CT molecular complexity index is 541. The standard InChI is InChI=1S/C17H24N4O2/c22-16(12-15-17(23)19-7-6-18-15)21-10-8-20(9-11-21)13-14-4-2-1-3-5-14/h1-5,15,18H,6-13H2,(H,19,23)/p+2/t15-/m1/s1. The highest BCUT2D eigenvalue weighted by Crippen LogP contribution is 2.00. The minimum Gasteiger partial charge on any atom is -0.345 e. The number of carbonyl (C=O) groups excluding carboxylic acids is 2. The SMILES string of the molecule is O=C1NCC[NH2+][C@@H]1CC(=O)N1CC[NH+](Cc2ccccc2)CC1. The summed E-state index contributed by atoms with van der Waals surface area (Å²) in [7, 11) is 0. The van der Waals surface area contributed by atoms with Crippen LogP contribution in [-0.4, -0.2) is 62.0 Å². The van der Waals surface area contributed by atoms with Crippen LogP contribution in [0.25, 0.3) is 0 Å². The third kappa shape index (κ3) is 4.30. The van der Waals surface area contributed by atoms with Gasteiger partial charge in [-0.05, 0) is 0 Å². The Labute approximate surface area is 136 Å². The third-order valence-electron chi connectivity index (χ3n) is 4.75. The number of hydrogen-bond donors (Lipinski definition) is 3. The van der Waals surface area contributed by atoms with E-state index in [9.17, 15) is 9.59 Å². The van der Waals surface area contributed by atoms with Crippen LogP contribution in [0.2, 0.25) is 0 Å². The minimum absolute atomic E-state index is 0.00191. The number of nitrogens with zero attached hydrogens (tertiary/aromatic N) is 1. The van der Waals surface area contributed by atoms with Crippen LogP contribution in [0.15, 0.2) is 30.3 Å². The summed E-state index contributed by atoms with van der Waals surface area (Å²) in [4.78, 5) is 27.6. The van der Waals surface area contributed by atoms with Crippen molar-refractivity contribution in [1.29, 1.82) is 0 Å². The van der Waals surface area contributed by atoms with Crippen molar-refractivity contribution in [2.45, 2.75) is 19.0 Å². The Kier molecular flexibility index (Phi) is 5.25. The smallest absolute Gasteiger partial charge is 0.278 e. The summed E-state index contributed by atoms with van der Waals surface area (Å²) in [5, 5.41) is 4.81. The molecule has 23 heavy (non-hydrogen) atoms. The third-order valence-corrected chi connectivity index (χ3v) is 4.75. The monoisotopic (exact) mass is 318 g/mol. The molecule has 0 bridgehead atoms. The van der Waals surface area contributed by atoms with Gasteiger partial charge in [-0.15, -0.1) is 0 Å². The van der Waals surface area contributed by atoms with Crippen molar-refractivity contribution in [2.75, 3.05) is 39.3 Å². The zero-order valence-corrected chi connectivity index (χ0v) is 13.5. The van der Waals surface area contributed by atoms with E-state index in [1.54, 1.807) is 0 Å². The van der Waals surface area contributed by atoms with Crippen LogP contribution in [0.5, 0.6) is 0 Å². The highest BCUT2D eigenvalue weighted by molar-refractivity contribution is 5.87. The maximum absolute atomic E-state index is 12.4. The van der Waals surface area contributed by atoms with Crippen LogP contribution in [0.3, 0.4) is 0 Å². The molecule has 6 nitrogen and oxygen atoms in total. The fraction of sp³-hybridized carbons (Fsp3) is 0.529. The second-order valence-electron chi connectivity index (χ2n) is 6.42. The van der Waals surface area contributed by atoms with Gasteiger partial charge in [0.2, 0.25) is 5.91 Å². The van der Waals surface area contributed by atoms with Gasteiger partial charge >= 0.3 is 0 Å². The van der Waals surface area contributed by atoms with E-state index in [1.165, 1.54) is 10.5 Å². The van der Waals surface area contributed by atoms with E-state index >= 15 is 0 Å². The lowest BCUT2D eigenvalue weighted by Crippen LogP contribution is -3.13. The molecule has 0 spiro atoms. The zero-order chi connectivity index (χ0) is 16.1. The van der Waals surface area contributed by atoms with E-state index in [0.717, 1.165) is 39.3 Å². The molecule has 0 saturated carbocycles. The van der Waals surface area contributed by atoms with Crippen LogP contribution in [0.1, 0.15) is 12.0 Å². The van der Waals surface area contributed by atoms with Gasteiger partial charge in [-0.25, -0.2) is 0 Å². The predicted molar refractivity (Wildman–Crippen MR) is 85.6 cm³/mol. The van der Waals surface area contributed by atoms with Gasteiger partial charge in [0.25, 0.3) is 5.91 Å². The lowest BCUT2D eigenvalue weighted by Gasteiger charge is -2.33. The molecule has 1 aromatic carbocycles. The summed E-state index contributed by atoms with van der Waals surface area (Å²) in [6.45, 7) is 6.10. The van der Waals surface area contributed by atoms with Crippen molar-refractivity contribution < 1.29 is 19.8 Å². The van der Waals surface area contributed by atoms with Gasteiger partial charge in [0.15, 0.2) is 6.04 Å². The van der Waals surface area contributed by atoms with E-state index in [-0.39, 0.29) is 17.9 Å². The van der Waals surface area contributed by atoms with Crippen molar-refractivity contribution in [3.05, 3.63) is 35.9 Å². The fourth-order valence-corrected chi connectivity index (χ4v) is 3.34. The Morgan fingerprint density at radius 2 is 2.00 bits per heavy atom. The minimum atomic E-state index is -0.244. The van der Waals surface area contributed by atoms with Crippen LogP contribution < -0.4 is 15.5 Å². The topological polar surface area (TPSA) is 70.5 Å². The lowest BCUT2D eigenvalue weighted by atomic mass is 10.1. The molecule has 0 unspecified atom stereocenters. The second kappa shape index (κ2) is 7.57. The maximum Gasteiger partial charge on any atom is 0.278 e. The number of nitrogens with two attached hydrogens (primary N) is 1. The molecule has 0 aromatic heterocycles. The molecule has 1 atom stereocenters. The van der Waals surface area contributed by atoms with Gasteiger partial charge in [-0.1, -0.05) is 30.3 Å². The van der Waals surface area contributed by atoms with Gasteiger partial charge in [0.1, 0.15) is 6.54 Å². The molecule has 2 saturated heterocycles. The summed E-state index contributed by atoms with van der Waals surface area (Å²) in [6.07, 6.45) is 0.319. The summed E-state index contributed by atoms with van der Waals surface area (Å²) >= 11 is 0. The Hall–Kier alpha value is -1.92. The van der Waals surface area contributed by atoms with E-state index < -0.39 is 0 Å². The van der Waals surface area contributed by atoms with Crippen LogP contribution in [0.4, 0.5) is 0 Å². The molecule has 0 radical (unpaired) electrons. The quantitative estimate of drug-likeness (QED) is 0.568. The number of carbonyl (C=O) groups is 2. The van der Waals surface area contributed by atoms with Gasteiger partial charge in [-0.3, -0.25) is 9.59 Å². The summed E-state index contributed by atoms with van der Waals surface area (Å²) in [5.41, 5.74) is 1.34. The molecule has 1 aromatic rings. The average Bonchev–Trinajstić information content (AvgIpc) is 2.58. The van der Waals surface area contributed by atoms with E-state index in [1.807, 2.05) is 16.3 Å². The average molecular weight is 318 g/mol. The lowest BCUT2D eigenvalue weighted by molar-refractivity contribution is -0.917. The van der Waals surface area contributed by atoms with E-state index in [2.05, 4.69) is 29.6 Å². The molecule has 124 valence electrons. The number of benzene rings is 1. The number of hydrogen-bond acceptors (Lipinski definition) is 2. The van der Waals surface area contributed by atoms with Crippen LogP contribution >= 0.6 is 0 Å². The molecular formula is C17H26N4O2+2. The van der Waals surface area contributed by atoms with E-state index in [4.69, 9.17) is 0 Å². The van der Waals surface area contributed by atoms with Gasteiger partial charge in [0, 0.05) is 5.56 Å². The first-order chi connectivity index (χ1) is 11.2. The first-order valence-corrected chi connectivity index (χ1v) is 8.48. The maximum atomic E-state index is 12.4. The molecule has 6 heteroatoms. The van der Waals surface area contributed by atoms with Gasteiger partial charge < -0.3 is 20.4 Å². The molecule has 0 aliphatic carbocycles. The predicted octanol–water partition coefficient (Wildman–Crippen LogP) is -2.63. The normalized spacial score (nSPS) is 22.7. The highest BCUT2D eigenvalue weighted by atomic mass is 16.2. The molecule has 2 aliphatic rings. The van der Waals surface area contributed by atoms with Crippen molar-refractivity contribution in [3.8, 4) is 0 Å². The highest BCUT2D eigenvalue weighted by Gasteiger charge is 2.31. The second-order valence-corrected chi connectivity index (χ2v) is 6.42. The molecule has 2 fully saturated rings. The number of quaternary nitrogens is 2. The van der Waals surface area contributed by atoms with Crippen molar-refractivity contribution >= 4 is 11.8 Å². The molecule has 2 heterocycles. The Morgan fingerprint density at radius 1 is 1.26 bits per heavy atom. The van der Waals surface area contributed by atoms with Crippen molar-refractivity contribution in [2.24, 2.45) is 0 Å². The van der Waals surface area contributed by atoms with Crippen molar-refractivity contribution in [1.82, 2.24) is 10.2 Å². The summed E-state index contributed by atoms with van der Waals surface area (Å²) < 4.78 is 0. The fourth-order valence-electron chi connectivity index (χ4n) is 3.34. The largest absolute Gasteiger partial charge is 0.345 e. The number of rotatable bonds is 4. The molecule has 2 aliphatic heterocycles. The summed E-state index contributed by atoms with van der Waals surface area (Å²) in [5.74, 6) is 0.111. The first kappa shape index (κ1) is 16.0. The van der Waals surface area contributed by atoms with Gasteiger partial charge in [-0.2, -0.15) is 0 Å². The number of nitrogens with one attached hydrogen (secondary N) is 2. The van der Waals surface area contributed by atoms with E-state index in [0.29, 0.717) is 13.0 Å². The summed E-state index contributed by atoms with van der Waals surface area (Å²) in [6, 6.07) is 10.2. The zero-order valence-electron chi connectivity index (χ0n) is 13.5. The molecule has 2 amide bonds. The van der Waals surface area contributed by atoms with Gasteiger partial charge in [0.05, 0.1) is 45.7 Å². The number of amides is 2. The van der Waals surface area contributed by atoms with Crippen molar-refractivity contribution in [3.63, 3.8) is 0 Å². The Balaban J connectivity index is 1.45.